The normalized spacial score (nSPS) is 15.7. The monoisotopic (exact) mass is 280 g/mol. The first-order chi connectivity index (χ1) is 9.54. The van der Waals surface area contributed by atoms with Crippen LogP contribution in [0.5, 0.6) is 0 Å². The molecular formula is C14H17FN2O3. The molecule has 0 bridgehead atoms. The Hall–Kier alpha value is -1.79. The van der Waals surface area contributed by atoms with Gasteiger partial charge in [0.15, 0.2) is 0 Å². The number of nitrogens with one attached hydrogen (secondary N) is 1. The molecule has 108 valence electrons. The maximum Gasteiger partial charge on any atom is 0.299 e. The molecule has 0 fully saturated rings. The minimum Gasteiger partial charge on any atom is -0.390 e. The van der Waals surface area contributed by atoms with Crippen LogP contribution in [0, 0.1) is 5.82 Å². The van der Waals surface area contributed by atoms with Crippen molar-refractivity contribution < 1.29 is 19.1 Å². The largest absolute Gasteiger partial charge is 0.390 e. The van der Waals surface area contributed by atoms with Crippen LogP contribution in [0.1, 0.15) is 23.7 Å². The molecule has 2 rings (SSSR count). The molecule has 1 atom stereocenters. The third kappa shape index (κ3) is 2.86. The zero-order valence-electron chi connectivity index (χ0n) is 11.2. The molecule has 0 saturated heterocycles. The predicted molar refractivity (Wildman–Crippen MR) is 72.3 cm³/mol. The summed E-state index contributed by atoms with van der Waals surface area (Å²) in [5, 5.41) is 12.9. The van der Waals surface area contributed by atoms with Gasteiger partial charge in [0.05, 0.1) is 23.9 Å². The SMILES string of the molecule is CCCNCC(O)CN1C(=O)C(=O)c2ccc(F)cc21. The summed E-state index contributed by atoms with van der Waals surface area (Å²) in [6.45, 7) is 3.05. The number of fused-ring (bicyclic) bond motifs is 1. The first-order valence-corrected chi connectivity index (χ1v) is 6.59. The number of aliphatic hydroxyl groups excluding tert-OH is 1. The second-order valence-electron chi connectivity index (χ2n) is 4.76. The number of benzene rings is 1. The Morgan fingerprint density at radius 3 is 2.85 bits per heavy atom. The molecule has 1 aliphatic heterocycles. The Morgan fingerprint density at radius 2 is 2.15 bits per heavy atom. The summed E-state index contributed by atoms with van der Waals surface area (Å²) in [7, 11) is 0. The molecule has 2 N–H and O–H groups in total. The van der Waals surface area contributed by atoms with Crippen molar-refractivity contribution in [3.8, 4) is 0 Å². The van der Waals surface area contributed by atoms with Crippen LogP contribution < -0.4 is 10.2 Å². The quantitative estimate of drug-likeness (QED) is 0.595. The van der Waals surface area contributed by atoms with E-state index in [9.17, 15) is 19.1 Å². The number of Topliss-reactive ketones (excluding diaryl/α,β-unsaturated/α-hetero) is 1. The minimum atomic E-state index is -0.812. The zero-order chi connectivity index (χ0) is 14.7. The van der Waals surface area contributed by atoms with Crippen molar-refractivity contribution in [1.29, 1.82) is 0 Å². The second kappa shape index (κ2) is 6.11. The summed E-state index contributed by atoms with van der Waals surface area (Å²) in [5.74, 6) is -1.90. The molecule has 20 heavy (non-hydrogen) atoms. The lowest BCUT2D eigenvalue weighted by molar-refractivity contribution is -0.114. The molecule has 1 aliphatic rings. The number of nitrogens with zero attached hydrogens (tertiary/aromatic N) is 1. The molecule has 1 heterocycles. The predicted octanol–water partition coefficient (Wildman–Crippen LogP) is 0.715. The molecule has 1 amide bonds. The van der Waals surface area contributed by atoms with E-state index < -0.39 is 23.6 Å². The first-order valence-electron chi connectivity index (χ1n) is 6.59. The average Bonchev–Trinajstić information content (AvgIpc) is 2.64. The number of hydrogen-bond donors (Lipinski definition) is 2. The highest BCUT2D eigenvalue weighted by Gasteiger charge is 2.36. The van der Waals surface area contributed by atoms with Gasteiger partial charge in [0, 0.05) is 6.54 Å². The lowest BCUT2D eigenvalue weighted by Crippen LogP contribution is -2.41. The number of amides is 1. The first kappa shape index (κ1) is 14.6. The van der Waals surface area contributed by atoms with Crippen LogP contribution in [-0.2, 0) is 4.79 Å². The van der Waals surface area contributed by atoms with E-state index in [2.05, 4.69) is 5.32 Å². The maximum atomic E-state index is 13.3. The van der Waals surface area contributed by atoms with Crippen LogP contribution in [-0.4, -0.2) is 42.5 Å². The molecule has 0 saturated carbocycles. The fraction of sp³-hybridized carbons (Fsp3) is 0.429. The van der Waals surface area contributed by atoms with E-state index >= 15 is 0 Å². The highest BCUT2D eigenvalue weighted by molar-refractivity contribution is 6.52. The molecule has 1 aromatic rings. The van der Waals surface area contributed by atoms with Crippen molar-refractivity contribution in [3.05, 3.63) is 29.6 Å². The van der Waals surface area contributed by atoms with Gasteiger partial charge in [-0.1, -0.05) is 6.92 Å². The number of carbonyl (C=O) groups is 2. The Bertz CT molecular complexity index is 533. The topological polar surface area (TPSA) is 69.6 Å². The zero-order valence-corrected chi connectivity index (χ0v) is 11.2. The van der Waals surface area contributed by atoms with Gasteiger partial charge in [-0.05, 0) is 31.2 Å². The molecule has 0 aliphatic carbocycles. The minimum absolute atomic E-state index is 0.0300. The van der Waals surface area contributed by atoms with Gasteiger partial charge >= 0.3 is 0 Å². The average molecular weight is 280 g/mol. The number of hydrogen-bond acceptors (Lipinski definition) is 4. The number of rotatable bonds is 6. The van der Waals surface area contributed by atoms with Crippen LogP contribution in [0.15, 0.2) is 18.2 Å². The van der Waals surface area contributed by atoms with Gasteiger partial charge in [0.2, 0.25) is 0 Å². The van der Waals surface area contributed by atoms with E-state index in [1.54, 1.807) is 0 Å². The van der Waals surface area contributed by atoms with Crippen molar-refractivity contribution in [2.75, 3.05) is 24.5 Å². The fourth-order valence-corrected chi connectivity index (χ4v) is 2.17. The summed E-state index contributed by atoms with van der Waals surface area (Å²) in [5.41, 5.74) is 0.416. The maximum absolute atomic E-state index is 13.3. The lowest BCUT2D eigenvalue weighted by Gasteiger charge is -2.20. The number of aliphatic hydroxyl groups is 1. The smallest absolute Gasteiger partial charge is 0.299 e. The van der Waals surface area contributed by atoms with Gasteiger partial charge in [0.1, 0.15) is 5.82 Å². The van der Waals surface area contributed by atoms with E-state index in [1.807, 2.05) is 6.92 Å². The summed E-state index contributed by atoms with van der Waals surface area (Å²) >= 11 is 0. The van der Waals surface area contributed by atoms with Crippen molar-refractivity contribution >= 4 is 17.4 Å². The van der Waals surface area contributed by atoms with E-state index in [4.69, 9.17) is 0 Å². The number of anilines is 1. The Labute approximate surface area is 116 Å². The highest BCUT2D eigenvalue weighted by atomic mass is 19.1. The Balaban J connectivity index is 2.11. The van der Waals surface area contributed by atoms with Crippen molar-refractivity contribution in [3.63, 3.8) is 0 Å². The molecule has 0 aromatic heterocycles. The summed E-state index contributed by atoms with van der Waals surface area (Å²) < 4.78 is 13.3. The standard InChI is InChI=1S/C14H17FN2O3/c1-2-5-16-7-10(18)8-17-12-6-9(15)3-4-11(12)13(19)14(17)20/h3-4,6,10,16,18H,2,5,7-8H2,1H3. The molecule has 1 unspecified atom stereocenters. The Morgan fingerprint density at radius 1 is 1.40 bits per heavy atom. The van der Waals surface area contributed by atoms with Crippen LogP contribution >= 0.6 is 0 Å². The summed E-state index contributed by atoms with van der Waals surface area (Å²) in [6, 6.07) is 3.59. The van der Waals surface area contributed by atoms with Crippen LogP contribution in [0.3, 0.4) is 0 Å². The second-order valence-corrected chi connectivity index (χ2v) is 4.76. The van der Waals surface area contributed by atoms with Crippen LogP contribution in [0.25, 0.3) is 0 Å². The van der Waals surface area contributed by atoms with Gasteiger partial charge < -0.3 is 15.3 Å². The van der Waals surface area contributed by atoms with Crippen molar-refractivity contribution in [1.82, 2.24) is 5.32 Å². The summed E-state index contributed by atoms with van der Waals surface area (Å²) in [4.78, 5) is 24.7. The molecule has 6 heteroatoms. The number of carbonyl (C=O) groups excluding carboxylic acids is 2. The molecule has 0 radical (unpaired) electrons. The van der Waals surface area contributed by atoms with E-state index in [-0.39, 0.29) is 17.8 Å². The molecule has 1 aromatic carbocycles. The van der Waals surface area contributed by atoms with Crippen molar-refractivity contribution in [2.45, 2.75) is 19.4 Å². The molecule has 5 nitrogen and oxygen atoms in total. The van der Waals surface area contributed by atoms with E-state index in [0.29, 0.717) is 6.54 Å². The highest BCUT2D eigenvalue weighted by Crippen LogP contribution is 2.29. The number of β-amino-alcohol motifs (C(OH)–C–C–N with tert-alkyl or cyclic N) is 1. The third-order valence-corrected chi connectivity index (χ3v) is 3.13. The summed E-state index contributed by atoms with van der Waals surface area (Å²) in [6.07, 6.45) is 0.120. The van der Waals surface area contributed by atoms with Crippen LogP contribution in [0.4, 0.5) is 10.1 Å². The third-order valence-electron chi connectivity index (χ3n) is 3.13. The van der Waals surface area contributed by atoms with Crippen LogP contribution in [0.2, 0.25) is 0 Å². The van der Waals surface area contributed by atoms with Gasteiger partial charge in [-0.25, -0.2) is 4.39 Å². The van der Waals surface area contributed by atoms with E-state index in [0.717, 1.165) is 30.0 Å². The van der Waals surface area contributed by atoms with Gasteiger partial charge in [-0.3, -0.25) is 9.59 Å². The fourth-order valence-electron chi connectivity index (χ4n) is 2.17. The number of ketones is 1. The van der Waals surface area contributed by atoms with Gasteiger partial charge in [-0.15, -0.1) is 0 Å². The van der Waals surface area contributed by atoms with Gasteiger partial charge in [-0.2, -0.15) is 0 Å². The Kier molecular flexibility index (Phi) is 4.46. The number of halogens is 1. The van der Waals surface area contributed by atoms with Gasteiger partial charge in [0.25, 0.3) is 11.7 Å². The lowest BCUT2D eigenvalue weighted by atomic mass is 10.1. The molecule has 0 spiro atoms. The molecular weight excluding hydrogens is 263 g/mol. The van der Waals surface area contributed by atoms with E-state index in [1.165, 1.54) is 6.07 Å². The van der Waals surface area contributed by atoms with Crippen molar-refractivity contribution in [2.24, 2.45) is 0 Å².